The molecule has 0 radical (unpaired) electrons. The van der Waals surface area contributed by atoms with Crippen molar-refractivity contribution in [2.45, 2.75) is 50.7 Å². The van der Waals surface area contributed by atoms with Crippen molar-refractivity contribution in [2.75, 3.05) is 13.6 Å². The van der Waals surface area contributed by atoms with Crippen molar-refractivity contribution in [3.8, 4) is 0 Å². The molecule has 3 heterocycles. The molecular formula is C12H21N5. The van der Waals surface area contributed by atoms with Gasteiger partial charge in [-0.1, -0.05) is 6.42 Å². The Morgan fingerprint density at radius 1 is 1.18 bits per heavy atom. The van der Waals surface area contributed by atoms with E-state index >= 15 is 0 Å². The Morgan fingerprint density at radius 2 is 2.06 bits per heavy atom. The highest BCUT2D eigenvalue weighted by atomic mass is 15.3. The fraction of sp³-hybridized carbons (Fsp3) is 0.833. The van der Waals surface area contributed by atoms with Crippen LogP contribution in [0, 0.1) is 0 Å². The van der Waals surface area contributed by atoms with E-state index in [1.165, 1.54) is 19.3 Å². The van der Waals surface area contributed by atoms with Crippen LogP contribution in [0.15, 0.2) is 0 Å². The van der Waals surface area contributed by atoms with E-state index in [0.717, 1.165) is 37.5 Å². The Balaban J connectivity index is 1.94. The van der Waals surface area contributed by atoms with Gasteiger partial charge >= 0.3 is 0 Å². The molecule has 2 N–H and O–H groups in total. The molecule has 0 amide bonds. The number of hydrogen-bond acceptors (Lipinski definition) is 4. The summed E-state index contributed by atoms with van der Waals surface area (Å²) in [7, 11) is 2.18. The molecular weight excluding hydrogens is 214 g/mol. The first-order valence-corrected chi connectivity index (χ1v) is 6.67. The van der Waals surface area contributed by atoms with Crippen molar-refractivity contribution < 1.29 is 0 Å². The lowest BCUT2D eigenvalue weighted by molar-refractivity contribution is 0.171. The van der Waals surface area contributed by atoms with Gasteiger partial charge in [-0.05, 0) is 39.3 Å². The quantitative estimate of drug-likeness (QED) is 0.795. The van der Waals surface area contributed by atoms with Crippen LogP contribution >= 0.6 is 0 Å². The van der Waals surface area contributed by atoms with E-state index in [4.69, 9.17) is 5.73 Å². The molecule has 0 aromatic carbocycles. The van der Waals surface area contributed by atoms with E-state index in [9.17, 15) is 0 Å². The topological polar surface area (TPSA) is 60.0 Å². The first-order valence-electron chi connectivity index (χ1n) is 6.67. The molecule has 2 atom stereocenters. The number of hydrogen-bond donors (Lipinski definition) is 1. The number of nitrogens with zero attached hydrogens (tertiary/aromatic N) is 4. The third-order valence-electron chi connectivity index (χ3n) is 4.09. The Bertz CT molecular complexity index is 400. The molecule has 0 aliphatic carbocycles. The second kappa shape index (κ2) is 4.38. The molecule has 1 fully saturated rings. The molecule has 17 heavy (non-hydrogen) atoms. The van der Waals surface area contributed by atoms with Crippen molar-refractivity contribution in [3.05, 3.63) is 11.6 Å². The summed E-state index contributed by atoms with van der Waals surface area (Å²) in [6.07, 6.45) is 7.05. The first-order chi connectivity index (χ1) is 8.27. The van der Waals surface area contributed by atoms with Crippen LogP contribution in [-0.2, 0) is 6.42 Å². The van der Waals surface area contributed by atoms with Crippen LogP contribution in [0.4, 0.5) is 0 Å². The van der Waals surface area contributed by atoms with Gasteiger partial charge in [0.2, 0.25) is 0 Å². The summed E-state index contributed by atoms with van der Waals surface area (Å²) >= 11 is 0. The van der Waals surface area contributed by atoms with Gasteiger partial charge in [-0.2, -0.15) is 0 Å². The van der Waals surface area contributed by atoms with Gasteiger partial charge in [-0.25, -0.2) is 0 Å². The van der Waals surface area contributed by atoms with Crippen LogP contribution in [0.5, 0.6) is 0 Å². The predicted molar refractivity (Wildman–Crippen MR) is 65.4 cm³/mol. The number of likely N-dealkylation sites (tertiary alicyclic amines) is 1. The highest BCUT2D eigenvalue weighted by Gasteiger charge is 2.30. The lowest BCUT2D eigenvalue weighted by atomic mass is 10.0. The maximum atomic E-state index is 6.21. The summed E-state index contributed by atoms with van der Waals surface area (Å²) in [6.45, 7) is 1.15. The Labute approximate surface area is 102 Å². The number of fused-ring (bicyclic) bond motifs is 1. The van der Waals surface area contributed by atoms with Crippen molar-refractivity contribution in [1.82, 2.24) is 19.7 Å². The lowest BCUT2D eigenvalue weighted by Crippen LogP contribution is -2.34. The Hall–Kier alpha value is -0.940. The summed E-state index contributed by atoms with van der Waals surface area (Å²) in [4.78, 5) is 2.39. The lowest BCUT2D eigenvalue weighted by Gasteiger charge is -2.33. The monoisotopic (exact) mass is 235 g/mol. The SMILES string of the molecule is CN1CCCCC1c1nnc2n1C(N)CCC2. The van der Waals surface area contributed by atoms with E-state index in [2.05, 4.69) is 26.7 Å². The molecule has 94 valence electrons. The smallest absolute Gasteiger partial charge is 0.151 e. The second-order valence-corrected chi connectivity index (χ2v) is 5.30. The second-order valence-electron chi connectivity index (χ2n) is 5.30. The Morgan fingerprint density at radius 3 is 2.88 bits per heavy atom. The van der Waals surface area contributed by atoms with Crippen molar-refractivity contribution >= 4 is 0 Å². The molecule has 5 nitrogen and oxygen atoms in total. The molecule has 0 bridgehead atoms. The van der Waals surface area contributed by atoms with E-state index in [1.54, 1.807) is 0 Å². The number of nitrogens with two attached hydrogens (primary N) is 1. The fourth-order valence-corrected chi connectivity index (χ4v) is 3.10. The Kier molecular flexibility index (Phi) is 2.88. The van der Waals surface area contributed by atoms with Crippen LogP contribution < -0.4 is 5.73 Å². The molecule has 0 saturated carbocycles. The molecule has 3 rings (SSSR count). The molecule has 1 saturated heterocycles. The van der Waals surface area contributed by atoms with Gasteiger partial charge in [0, 0.05) is 6.42 Å². The third-order valence-corrected chi connectivity index (χ3v) is 4.09. The average molecular weight is 235 g/mol. The molecule has 5 heteroatoms. The zero-order valence-corrected chi connectivity index (χ0v) is 10.5. The summed E-state index contributed by atoms with van der Waals surface area (Å²) in [5, 5.41) is 8.74. The van der Waals surface area contributed by atoms with E-state index in [1.807, 2.05) is 0 Å². The minimum atomic E-state index is 0.0825. The fourth-order valence-electron chi connectivity index (χ4n) is 3.10. The first kappa shape index (κ1) is 11.2. The van der Waals surface area contributed by atoms with Gasteiger partial charge in [-0.3, -0.25) is 9.47 Å². The van der Waals surface area contributed by atoms with Crippen molar-refractivity contribution in [2.24, 2.45) is 5.73 Å². The molecule has 2 unspecified atom stereocenters. The summed E-state index contributed by atoms with van der Waals surface area (Å²) < 4.78 is 2.19. The number of aromatic nitrogens is 3. The third kappa shape index (κ3) is 1.87. The zero-order chi connectivity index (χ0) is 11.8. The molecule has 1 aromatic rings. The van der Waals surface area contributed by atoms with Gasteiger partial charge in [0.25, 0.3) is 0 Å². The summed E-state index contributed by atoms with van der Waals surface area (Å²) in [6, 6.07) is 0.411. The number of piperidine rings is 1. The van der Waals surface area contributed by atoms with Crippen molar-refractivity contribution in [1.29, 1.82) is 0 Å². The maximum absolute atomic E-state index is 6.21. The normalized spacial score (nSPS) is 30.2. The molecule has 2 aliphatic heterocycles. The molecule has 1 aromatic heterocycles. The van der Waals surface area contributed by atoms with Crippen LogP contribution in [0.1, 0.15) is 56.0 Å². The molecule has 2 aliphatic rings. The van der Waals surface area contributed by atoms with E-state index < -0.39 is 0 Å². The van der Waals surface area contributed by atoms with Gasteiger partial charge in [0.05, 0.1) is 12.2 Å². The maximum Gasteiger partial charge on any atom is 0.151 e. The van der Waals surface area contributed by atoms with Crippen LogP contribution in [-0.4, -0.2) is 33.3 Å². The minimum absolute atomic E-state index is 0.0825. The van der Waals surface area contributed by atoms with E-state index in [0.29, 0.717) is 6.04 Å². The standard InChI is InChI=1S/C12H21N5/c1-16-8-3-2-5-9(16)12-15-14-11-7-4-6-10(13)17(11)12/h9-10H,2-8,13H2,1H3. The minimum Gasteiger partial charge on any atom is -0.311 e. The van der Waals surface area contributed by atoms with Crippen LogP contribution in [0.25, 0.3) is 0 Å². The average Bonchev–Trinajstić information content (AvgIpc) is 2.75. The summed E-state index contributed by atoms with van der Waals surface area (Å²) in [5.41, 5.74) is 6.21. The van der Waals surface area contributed by atoms with E-state index in [-0.39, 0.29) is 6.17 Å². The van der Waals surface area contributed by atoms with Crippen LogP contribution in [0.2, 0.25) is 0 Å². The summed E-state index contributed by atoms with van der Waals surface area (Å²) in [5.74, 6) is 2.17. The van der Waals surface area contributed by atoms with Crippen molar-refractivity contribution in [3.63, 3.8) is 0 Å². The largest absolute Gasteiger partial charge is 0.311 e. The van der Waals surface area contributed by atoms with Gasteiger partial charge in [0.15, 0.2) is 5.82 Å². The van der Waals surface area contributed by atoms with Gasteiger partial charge in [-0.15, -0.1) is 10.2 Å². The number of rotatable bonds is 1. The van der Waals surface area contributed by atoms with Gasteiger partial charge < -0.3 is 5.73 Å². The highest BCUT2D eigenvalue weighted by Crippen LogP contribution is 2.32. The zero-order valence-electron chi connectivity index (χ0n) is 10.5. The van der Waals surface area contributed by atoms with Gasteiger partial charge in [0.1, 0.15) is 5.82 Å². The predicted octanol–water partition coefficient (Wildman–Crippen LogP) is 1.23. The van der Waals surface area contributed by atoms with Crippen LogP contribution in [0.3, 0.4) is 0 Å². The number of aryl methyl sites for hydroxylation is 1. The highest BCUT2D eigenvalue weighted by molar-refractivity contribution is 5.06. The molecule has 0 spiro atoms.